The van der Waals surface area contributed by atoms with Gasteiger partial charge in [-0.1, -0.05) is 12.1 Å². The zero-order chi connectivity index (χ0) is 21.0. The molecule has 0 spiro atoms. The molecule has 0 saturated carbocycles. The average Bonchev–Trinajstić information content (AvgIpc) is 3.10. The second kappa shape index (κ2) is 8.69. The highest BCUT2D eigenvalue weighted by Gasteiger charge is 2.23. The summed E-state index contributed by atoms with van der Waals surface area (Å²) in [5.41, 5.74) is 3.20. The minimum absolute atomic E-state index is 0.289. The number of rotatable bonds is 8. The lowest BCUT2D eigenvalue weighted by Gasteiger charge is -2.32. The fourth-order valence-corrected chi connectivity index (χ4v) is 3.23. The number of likely N-dealkylation sites (N-methyl/N-ethyl adjacent to an activating group) is 1. The van der Waals surface area contributed by atoms with Gasteiger partial charge >= 0.3 is 5.97 Å². The van der Waals surface area contributed by atoms with Crippen molar-refractivity contribution in [3.63, 3.8) is 0 Å². The second-order valence-corrected chi connectivity index (χ2v) is 7.55. The molecule has 0 aliphatic heterocycles. The summed E-state index contributed by atoms with van der Waals surface area (Å²) < 4.78 is 16.7. The van der Waals surface area contributed by atoms with Crippen molar-refractivity contribution < 1.29 is 23.5 Å². The molecular weight excluding hydrogens is 372 g/mol. The number of esters is 1. The van der Waals surface area contributed by atoms with Crippen molar-refractivity contribution in [2.75, 3.05) is 34.9 Å². The summed E-state index contributed by atoms with van der Waals surface area (Å²) in [6.07, 6.45) is -0.289. The van der Waals surface area contributed by atoms with Crippen molar-refractivity contribution in [2.45, 2.75) is 19.8 Å². The summed E-state index contributed by atoms with van der Waals surface area (Å²) in [5, 5.41) is 9.07. The minimum atomic E-state index is -0.394. The highest BCUT2D eigenvalue weighted by molar-refractivity contribution is 5.74. The van der Waals surface area contributed by atoms with Gasteiger partial charge in [-0.3, -0.25) is 4.79 Å². The zero-order valence-electron chi connectivity index (χ0n) is 17.5. The van der Waals surface area contributed by atoms with Gasteiger partial charge in [0.05, 0.1) is 14.1 Å². The molecule has 8 nitrogen and oxygen atoms in total. The second-order valence-electron chi connectivity index (χ2n) is 7.55. The SMILES string of the molecule is COC(C[N+](C)(C)Cc1ccc(OC(C)=O)c(-n2nc3ccccc3n2)c1)OC. The smallest absolute Gasteiger partial charge is 0.308 e. The monoisotopic (exact) mass is 399 g/mol. The van der Waals surface area contributed by atoms with Gasteiger partial charge < -0.3 is 18.7 Å². The summed E-state index contributed by atoms with van der Waals surface area (Å²) in [5.74, 6) is 0.0216. The van der Waals surface area contributed by atoms with Gasteiger partial charge in [0.15, 0.2) is 5.75 Å². The van der Waals surface area contributed by atoms with Gasteiger partial charge in [0.25, 0.3) is 0 Å². The van der Waals surface area contributed by atoms with Crippen LogP contribution < -0.4 is 4.74 Å². The number of quaternary nitrogens is 1. The molecule has 1 heterocycles. The van der Waals surface area contributed by atoms with Crippen LogP contribution >= 0.6 is 0 Å². The van der Waals surface area contributed by atoms with E-state index in [9.17, 15) is 4.79 Å². The Morgan fingerprint density at radius 2 is 1.69 bits per heavy atom. The van der Waals surface area contributed by atoms with Crippen molar-refractivity contribution in [2.24, 2.45) is 0 Å². The third-order valence-corrected chi connectivity index (χ3v) is 4.56. The van der Waals surface area contributed by atoms with Crippen LogP contribution in [0, 0.1) is 0 Å². The third kappa shape index (κ3) is 5.17. The lowest BCUT2D eigenvalue weighted by molar-refractivity contribution is -0.909. The van der Waals surface area contributed by atoms with Gasteiger partial charge in [0.2, 0.25) is 6.29 Å². The summed E-state index contributed by atoms with van der Waals surface area (Å²) >= 11 is 0. The molecule has 3 aromatic rings. The first-order valence-corrected chi connectivity index (χ1v) is 9.33. The predicted octanol–water partition coefficient (Wildman–Crippen LogP) is 2.54. The highest BCUT2D eigenvalue weighted by atomic mass is 16.7. The van der Waals surface area contributed by atoms with E-state index in [-0.39, 0.29) is 6.29 Å². The van der Waals surface area contributed by atoms with E-state index in [0.29, 0.717) is 22.5 Å². The molecule has 0 aliphatic carbocycles. The molecule has 0 aliphatic rings. The molecule has 0 bridgehead atoms. The van der Waals surface area contributed by atoms with Gasteiger partial charge in [0.1, 0.15) is 29.8 Å². The van der Waals surface area contributed by atoms with E-state index in [2.05, 4.69) is 24.3 Å². The normalized spacial score (nSPS) is 11.9. The quantitative estimate of drug-likeness (QED) is 0.251. The molecular formula is C21H27N4O4+. The van der Waals surface area contributed by atoms with Crippen LogP contribution in [0.2, 0.25) is 0 Å². The maximum Gasteiger partial charge on any atom is 0.308 e. The number of hydrogen-bond donors (Lipinski definition) is 0. The molecule has 0 fully saturated rings. The maximum atomic E-state index is 11.6. The first kappa shape index (κ1) is 20.9. The Balaban J connectivity index is 1.96. The van der Waals surface area contributed by atoms with Crippen LogP contribution in [0.25, 0.3) is 16.7 Å². The van der Waals surface area contributed by atoms with Crippen LogP contribution in [0.1, 0.15) is 12.5 Å². The number of ether oxygens (including phenoxy) is 3. The number of carbonyl (C=O) groups excluding carboxylic acids is 1. The lowest BCUT2D eigenvalue weighted by Crippen LogP contribution is -2.45. The number of aromatic nitrogens is 3. The molecule has 29 heavy (non-hydrogen) atoms. The van der Waals surface area contributed by atoms with Gasteiger partial charge in [-0.15, -0.1) is 15.0 Å². The standard InChI is InChI=1S/C21H27N4O4/c1-15(26)29-20-11-10-16(13-25(2,3)14-21(27-4)28-5)12-19(20)24-22-17-8-6-7-9-18(17)23-24/h6-12,21H,13-14H2,1-5H3/q+1. The number of nitrogens with zero attached hydrogens (tertiary/aromatic N) is 4. The highest BCUT2D eigenvalue weighted by Crippen LogP contribution is 2.26. The zero-order valence-corrected chi connectivity index (χ0v) is 17.5. The summed E-state index contributed by atoms with van der Waals surface area (Å²) in [6.45, 7) is 2.77. The van der Waals surface area contributed by atoms with E-state index >= 15 is 0 Å². The Hall–Kier alpha value is -2.81. The van der Waals surface area contributed by atoms with Crippen molar-refractivity contribution >= 4 is 17.0 Å². The molecule has 154 valence electrons. The Morgan fingerprint density at radius 3 is 2.24 bits per heavy atom. The van der Waals surface area contributed by atoms with Gasteiger partial charge in [-0.2, -0.15) is 0 Å². The minimum Gasteiger partial charge on any atom is -0.424 e. The summed E-state index contributed by atoms with van der Waals surface area (Å²) in [6, 6.07) is 13.3. The van der Waals surface area contributed by atoms with E-state index in [4.69, 9.17) is 14.2 Å². The van der Waals surface area contributed by atoms with Crippen LogP contribution in [-0.4, -0.2) is 66.6 Å². The molecule has 0 saturated heterocycles. The third-order valence-electron chi connectivity index (χ3n) is 4.56. The fraction of sp³-hybridized carbons (Fsp3) is 0.381. The Labute approximate surface area is 170 Å². The Bertz CT molecular complexity index is 962. The maximum absolute atomic E-state index is 11.6. The van der Waals surface area contributed by atoms with Gasteiger partial charge in [0, 0.05) is 26.7 Å². The molecule has 2 aromatic carbocycles. The summed E-state index contributed by atoms with van der Waals surface area (Å²) in [4.78, 5) is 13.1. The first-order valence-electron chi connectivity index (χ1n) is 9.33. The van der Waals surface area contributed by atoms with Crippen molar-refractivity contribution in [3.8, 4) is 11.4 Å². The van der Waals surface area contributed by atoms with Crippen LogP contribution in [0.5, 0.6) is 5.75 Å². The van der Waals surface area contributed by atoms with Crippen molar-refractivity contribution in [1.29, 1.82) is 0 Å². The van der Waals surface area contributed by atoms with E-state index in [1.165, 1.54) is 11.7 Å². The van der Waals surface area contributed by atoms with E-state index in [0.717, 1.165) is 23.1 Å². The van der Waals surface area contributed by atoms with Gasteiger partial charge in [-0.25, -0.2) is 0 Å². The molecule has 1 aromatic heterocycles. The van der Waals surface area contributed by atoms with Gasteiger partial charge in [-0.05, 0) is 30.3 Å². The van der Waals surface area contributed by atoms with E-state index < -0.39 is 5.97 Å². The molecule has 0 N–H and O–H groups in total. The lowest BCUT2D eigenvalue weighted by atomic mass is 10.1. The predicted molar refractivity (Wildman–Crippen MR) is 109 cm³/mol. The molecule has 0 unspecified atom stereocenters. The first-order chi connectivity index (χ1) is 13.8. The Morgan fingerprint density at radius 1 is 1.07 bits per heavy atom. The number of benzene rings is 2. The molecule has 0 amide bonds. The average molecular weight is 399 g/mol. The van der Waals surface area contributed by atoms with Crippen LogP contribution in [0.3, 0.4) is 0 Å². The molecule has 8 heteroatoms. The molecule has 0 atom stereocenters. The molecule has 0 radical (unpaired) electrons. The summed E-state index contributed by atoms with van der Waals surface area (Å²) in [7, 11) is 7.47. The van der Waals surface area contributed by atoms with Crippen molar-refractivity contribution in [1.82, 2.24) is 15.0 Å². The van der Waals surface area contributed by atoms with Crippen LogP contribution in [-0.2, 0) is 20.8 Å². The van der Waals surface area contributed by atoms with E-state index in [1.54, 1.807) is 20.3 Å². The van der Waals surface area contributed by atoms with Crippen molar-refractivity contribution in [3.05, 3.63) is 48.0 Å². The molecule has 3 rings (SSSR count). The number of carbonyl (C=O) groups is 1. The number of hydrogen-bond acceptors (Lipinski definition) is 6. The largest absolute Gasteiger partial charge is 0.424 e. The van der Waals surface area contributed by atoms with Crippen LogP contribution in [0.15, 0.2) is 42.5 Å². The number of fused-ring (bicyclic) bond motifs is 1. The fourth-order valence-electron chi connectivity index (χ4n) is 3.23. The topological polar surface area (TPSA) is 75.5 Å². The number of methoxy groups -OCH3 is 2. The van der Waals surface area contributed by atoms with E-state index in [1.807, 2.05) is 36.4 Å². The Kier molecular flexibility index (Phi) is 6.26. The van der Waals surface area contributed by atoms with Crippen LogP contribution in [0.4, 0.5) is 0 Å².